The summed E-state index contributed by atoms with van der Waals surface area (Å²) in [5.74, 6) is 0.260. The monoisotopic (exact) mass is 188 g/mol. The zero-order chi connectivity index (χ0) is 9.19. The van der Waals surface area contributed by atoms with Gasteiger partial charge in [-0.15, -0.1) is 0 Å². The molecule has 0 aliphatic rings. The maximum atomic E-state index is 8.92. The van der Waals surface area contributed by atoms with Gasteiger partial charge < -0.3 is 16.2 Å². The third kappa shape index (κ3) is 2.31. The minimum atomic E-state index is -0.383. The lowest BCUT2D eigenvalue weighted by Crippen LogP contribution is -2.34. The number of rotatable bonds is 3. The maximum absolute atomic E-state index is 8.92. The third-order valence-corrected chi connectivity index (χ3v) is 1.93. The highest BCUT2D eigenvalue weighted by atomic mass is 32.1. The van der Waals surface area contributed by atoms with Gasteiger partial charge in [0, 0.05) is 11.5 Å². The van der Waals surface area contributed by atoms with Gasteiger partial charge in [-0.2, -0.15) is 9.36 Å². The number of anilines is 2. The van der Waals surface area contributed by atoms with Crippen LogP contribution in [0, 0.1) is 0 Å². The molecule has 0 aliphatic carbocycles. The number of aliphatic hydroxyl groups excluding tert-OH is 1. The van der Waals surface area contributed by atoms with E-state index in [9.17, 15) is 0 Å². The maximum Gasteiger partial charge on any atom is 0.233 e. The molecule has 12 heavy (non-hydrogen) atoms. The summed E-state index contributed by atoms with van der Waals surface area (Å²) in [6, 6.07) is 0. The van der Waals surface area contributed by atoms with Gasteiger partial charge in [-0.3, -0.25) is 0 Å². The number of nitrogens with one attached hydrogen (secondary N) is 1. The summed E-state index contributed by atoms with van der Waals surface area (Å²) < 4.78 is 3.80. The van der Waals surface area contributed by atoms with Gasteiger partial charge in [0.15, 0.2) is 0 Å². The second-order valence-electron chi connectivity index (χ2n) is 3.12. The van der Waals surface area contributed by atoms with E-state index in [1.165, 1.54) is 11.5 Å². The van der Waals surface area contributed by atoms with E-state index < -0.39 is 0 Å². The van der Waals surface area contributed by atoms with Gasteiger partial charge in [0.1, 0.15) is 0 Å². The Morgan fingerprint density at radius 2 is 2.33 bits per heavy atom. The minimum absolute atomic E-state index is 0.0342. The fraction of sp³-hybridized carbons (Fsp3) is 0.667. The lowest BCUT2D eigenvalue weighted by Gasteiger charge is -2.22. The lowest BCUT2D eigenvalue weighted by atomic mass is 10.1. The van der Waals surface area contributed by atoms with Crippen molar-refractivity contribution in [1.82, 2.24) is 9.36 Å². The van der Waals surface area contributed by atoms with Crippen molar-refractivity contribution < 1.29 is 5.11 Å². The van der Waals surface area contributed by atoms with Crippen LogP contribution in [-0.4, -0.2) is 26.6 Å². The van der Waals surface area contributed by atoms with Crippen LogP contribution in [0.1, 0.15) is 13.8 Å². The van der Waals surface area contributed by atoms with Gasteiger partial charge in [0.2, 0.25) is 11.1 Å². The van der Waals surface area contributed by atoms with Gasteiger partial charge in [0.05, 0.1) is 12.1 Å². The molecule has 1 aromatic rings. The molecule has 0 saturated heterocycles. The number of hydrogen-bond donors (Lipinski definition) is 3. The van der Waals surface area contributed by atoms with Crippen molar-refractivity contribution in [2.75, 3.05) is 17.7 Å². The number of hydrogen-bond acceptors (Lipinski definition) is 6. The topological polar surface area (TPSA) is 84.1 Å². The molecule has 0 radical (unpaired) electrons. The van der Waals surface area contributed by atoms with Crippen molar-refractivity contribution in [3.8, 4) is 0 Å². The summed E-state index contributed by atoms with van der Waals surface area (Å²) in [7, 11) is 0. The second kappa shape index (κ2) is 3.24. The second-order valence-corrected chi connectivity index (χ2v) is 3.88. The molecule has 0 aromatic carbocycles. The summed E-state index contributed by atoms with van der Waals surface area (Å²) in [5, 5.41) is 12.6. The van der Waals surface area contributed by atoms with E-state index >= 15 is 0 Å². The zero-order valence-electron chi connectivity index (χ0n) is 7.03. The van der Waals surface area contributed by atoms with Crippen molar-refractivity contribution in [1.29, 1.82) is 0 Å². The van der Waals surface area contributed by atoms with Crippen LogP contribution in [0.4, 0.5) is 11.1 Å². The van der Waals surface area contributed by atoms with E-state index in [1.807, 2.05) is 13.8 Å². The van der Waals surface area contributed by atoms with Gasteiger partial charge >= 0.3 is 0 Å². The van der Waals surface area contributed by atoms with Crippen molar-refractivity contribution in [3.63, 3.8) is 0 Å². The Hall–Kier alpha value is -0.880. The highest BCUT2D eigenvalue weighted by molar-refractivity contribution is 7.09. The standard InChI is InChI=1S/C6H12N4OS/c1-6(2,3-11)9-5-8-4(7)10-12-5/h11H,3H2,1-2H3,(H3,7,8,9,10). The first-order valence-corrected chi connectivity index (χ1v) is 4.29. The SMILES string of the molecule is CC(C)(CO)Nc1nc(N)ns1. The van der Waals surface area contributed by atoms with Crippen molar-refractivity contribution in [3.05, 3.63) is 0 Å². The van der Waals surface area contributed by atoms with E-state index in [4.69, 9.17) is 10.8 Å². The molecule has 0 aliphatic heterocycles. The quantitative estimate of drug-likeness (QED) is 0.635. The first-order chi connectivity index (χ1) is 5.53. The van der Waals surface area contributed by atoms with Crippen molar-refractivity contribution in [2.45, 2.75) is 19.4 Å². The predicted octanol–water partition coefficient (Wildman–Crippen LogP) is 0.303. The number of aliphatic hydroxyl groups is 1. The Morgan fingerprint density at radius 3 is 2.75 bits per heavy atom. The first-order valence-electron chi connectivity index (χ1n) is 3.52. The van der Waals surface area contributed by atoms with Crippen LogP contribution in [0.2, 0.25) is 0 Å². The number of nitrogens with two attached hydrogens (primary N) is 1. The average molecular weight is 188 g/mol. The van der Waals surface area contributed by atoms with Crippen molar-refractivity contribution >= 4 is 22.6 Å². The smallest absolute Gasteiger partial charge is 0.233 e. The molecule has 1 heterocycles. The molecule has 0 spiro atoms. The van der Waals surface area contributed by atoms with Gasteiger partial charge in [-0.05, 0) is 13.8 Å². The molecule has 0 bridgehead atoms. The number of aromatic nitrogens is 2. The fourth-order valence-electron chi connectivity index (χ4n) is 0.615. The number of nitrogen functional groups attached to an aromatic ring is 1. The highest BCUT2D eigenvalue weighted by Crippen LogP contribution is 2.17. The van der Waals surface area contributed by atoms with Crippen LogP contribution in [0.5, 0.6) is 0 Å². The van der Waals surface area contributed by atoms with Gasteiger partial charge in [-0.25, -0.2) is 0 Å². The lowest BCUT2D eigenvalue weighted by molar-refractivity contribution is 0.234. The van der Waals surface area contributed by atoms with E-state index in [1.54, 1.807) is 0 Å². The number of nitrogens with zero attached hydrogens (tertiary/aromatic N) is 2. The van der Waals surface area contributed by atoms with Crippen LogP contribution in [-0.2, 0) is 0 Å². The van der Waals surface area contributed by atoms with Crippen LogP contribution in [0.15, 0.2) is 0 Å². The molecule has 0 saturated carbocycles. The Morgan fingerprint density at radius 1 is 1.67 bits per heavy atom. The summed E-state index contributed by atoms with van der Waals surface area (Å²) in [6.07, 6.45) is 0. The summed E-state index contributed by atoms with van der Waals surface area (Å²) in [6.45, 7) is 3.77. The van der Waals surface area contributed by atoms with Crippen molar-refractivity contribution in [2.24, 2.45) is 0 Å². The highest BCUT2D eigenvalue weighted by Gasteiger charge is 2.17. The molecule has 0 unspecified atom stereocenters. The first kappa shape index (κ1) is 9.21. The normalized spacial score (nSPS) is 11.6. The van der Waals surface area contributed by atoms with Gasteiger partial charge in [-0.1, -0.05) is 0 Å². The Bertz CT molecular complexity index is 260. The zero-order valence-corrected chi connectivity index (χ0v) is 7.85. The molecule has 0 fully saturated rings. The molecule has 68 valence electrons. The molecule has 6 heteroatoms. The molecular weight excluding hydrogens is 176 g/mol. The van der Waals surface area contributed by atoms with Crippen LogP contribution >= 0.6 is 11.5 Å². The van der Waals surface area contributed by atoms with Crippen LogP contribution in [0.25, 0.3) is 0 Å². The average Bonchev–Trinajstić information content (AvgIpc) is 2.35. The Labute approximate surface area is 74.8 Å². The van der Waals surface area contributed by atoms with Gasteiger partial charge in [0.25, 0.3) is 0 Å². The predicted molar refractivity (Wildman–Crippen MR) is 49.1 cm³/mol. The molecule has 1 rings (SSSR count). The molecule has 1 aromatic heterocycles. The van der Waals surface area contributed by atoms with E-state index in [0.29, 0.717) is 5.13 Å². The molecule has 0 amide bonds. The summed E-state index contributed by atoms with van der Waals surface area (Å²) >= 11 is 1.18. The summed E-state index contributed by atoms with van der Waals surface area (Å²) in [5.41, 5.74) is 4.94. The van der Waals surface area contributed by atoms with Crippen LogP contribution < -0.4 is 11.1 Å². The third-order valence-electron chi connectivity index (χ3n) is 1.28. The van der Waals surface area contributed by atoms with E-state index in [-0.39, 0.29) is 18.1 Å². The largest absolute Gasteiger partial charge is 0.394 e. The minimum Gasteiger partial charge on any atom is -0.394 e. The van der Waals surface area contributed by atoms with Crippen LogP contribution in [0.3, 0.4) is 0 Å². The molecule has 4 N–H and O–H groups in total. The van der Waals surface area contributed by atoms with E-state index in [2.05, 4.69) is 14.7 Å². The molecular formula is C6H12N4OS. The Balaban J connectivity index is 2.63. The summed E-state index contributed by atoms with van der Waals surface area (Å²) in [4.78, 5) is 3.91. The molecule has 5 nitrogen and oxygen atoms in total. The van der Waals surface area contributed by atoms with E-state index in [0.717, 1.165) is 0 Å². The molecule has 0 atom stereocenters. The fourth-order valence-corrected chi connectivity index (χ4v) is 1.29. The Kier molecular flexibility index (Phi) is 2.49.